The van der Waals surface area contributed by atoms with E-state index in [9.17, 15) is 14.0 Å². The van der Waals surface area contributed by atoms with Crippen molar-refractivity contribution in [1.29, 1.82) is 0 Å². The number of hydrogen-bond acceptors (Lipinski definition) is 3. The van der Waals surface area contributed by atoms with Crippen molar-refractivity contribution >= 4 is 23.6 Å². The van der Waals surface area contributed by atoms with Gasteiger partial charge in [-0.3, -0.25) is 9.59 Å². The van der Waals surface area contributed by atoms with Gasteiger partial charge in [0.25, 0.3) is 0 Å². The highest BCUT2D eigenvalue weighted by Gasteiger charge is 2.28. The molecular weight excluding hydrogens is 399 g/mol. The van der Waals surface area contributed by atoms with Gasteiger partial charge < -0.3 is 10.2 Å². The Morgan fingerprint density at radius 2 is 1.70 bits per heavy atom. The third-order valence-electron chi connectivity index (χ3n) is 4.98. The Hall–Kier alpha value is -2.34. The Kier molecular flexibility index (Phi) is 9.87. The van der Waals surface area contributed by atoms with Crippen molar-refractivity contribution < 1.29 is 14.0 Å². The molecule has 0 unspecified atom stereocenters. The third-order valence-corrected chi connectivity index (χ3v) is 5.99. The van der Waals surface area contributed by atoms with E-state index in [-0.39, 0.29) is 30.2 Å². The van der Waals surface area contributed by atoms with Crippen LogP contribution < -0.4 is 5.32 Å². The number of halogens is 1. The van der Waals surface area contributed by atoms with Gasteiger partial charge in [-0.25, -0.2) is 4.39 Å². The van der Waals surface area contributed by atoms with Crippen LogP contribution in [-0.4, -0.2) is 34.6 Å². The van der Waals surface area contributed by atoms with Crippen LogP contribution in [0, 0.1) is 5.82 Å². The molecular formula is C24H31FN2O2S. The Labute approximate surface area is 183 Å². The zero-order chi connectivity index (χ0) is 21.9. The maximum Gasteiger partial charge on any atom is 0.243 e. The van der Waals surface area contributed by atoms with Crippen molar-refractivity contribution in [2.45, 2.75) is 63.6 Å². The van der Waals surface area contributed by atoms with Crippen LogP contribution in [0.1, 0.15) is 45.6 Å². The van der Waals surface area contributed by atoms with Gasteiger partial charge in [-0.2, -0.15) is 0 Å². The first kappa shape index (κ1) is 23.9. The molecule has 0 spiro atoms. The summed E-state index contributed by atoms with van der Waals surface area (Å²) < 4.78 is 13.3. The molecule has 0 aliphatic heterocycles. The first-order valence-corrected chi connectivity index (χ1v) is 11.4. The number of nitrogens with one attached hydrogen (secondary N) is 1. The molecule has 0 heterocycles. The van der Waals surface area contributed by atoms with Crippen molar-refractivity contribution in [3.05, 3.63) is 66.0 Å². The molecule has 1 N–H and O–H groups in total. The number of rotatable bonds is 11. The smallest absolute Gasteiger partial charge is 0.243 e. The van der Waals surface area contributed by atoms with Gasteiger partial charge in [0.1, 0.15) is 11.9 Å². The summed E-state index contributed by atoms with van der Waals surface area (Å²) in [4.78, 5) is 28.7. The molecule has 2 rings (SSSR count). The van der Waals surface area contributed by atoms with Gasteiger partial charge in [-0.15, -0.1) is 11.8 Å². The van der Waals surface area contributed by atoms with Crippen LogP contribution in [0.2, 0.25) is 0 Å². The lowest BCUT2D eigenvalue weighted by atomic mass is 10.1. The van der Waals surface area contributed by atoms with Gasteiger partial charge >= 0.3 is 0 Å². The summed E-state index contributed by atoms with van der Waals surface area (Å²) in [5.41, 5.74) is 0.801. The summed E-state index contributed by atoms with van der Waals surface area (Å²) in [6, 6.07) is 15.5. The van der Waals surface area contributed by atoms with Gasteiger partial charge in [-0.05, 0) is 49.6 Å². The normalized spacial score (nSPS) is 12.8. The molecule has 0 aliphatic carbocycles. The van der Waals surface area contributed by atoms with Crippen LogP contribution in [0.25, 0.3) is 0 Å². The molecule has 2 aromatic rings. The number of hydrogen-bond donors (Lipinski definition) is 1. The van der Waals surface area contributed by atoms with E-state index in [4.69, 9.17) is 0 Å². The predicted molar refractivity (Wildman–Crippen MR) is 121 cm³/mol. The summed E-state index contributed by atoms with van der Waals surface area (Å²) in [5, 5.41) is 2.99. The zero-order valence-electron chi connectivity index (χ0n) is 17.9. The van der Waals surface area contributed by atoms with Crippen LogP contribution >= 0.6 is 11.8 Å². The number of carbonyl (C=O) groups is 2. The zero-order valence-corrected chi connectivity index (χ0v) is 18.8. The van der Waals surface area contributed by atoms with Crippen LogP contribution in [0.5, 0.6) is 0 Å². The number of carbonyl (C=O) groups excluding carboxylic acids is 2. The minimum atomic E-state index is -0.557. The topological polar surface area (TPSA) is 49.4 Å². The minimum absolute atomic E-state index is 0.0444. The number of benzene rings is 2. The Morgan fingerprint density at radius 1 is 1.03 bits per heavy atom. The summed E-state index contributed by atoms with van der Waals surface area (Å²) in [5.74, 6) is 0.0935. The largest absolute Gasteiger partial charge is 0.352 e. The molecule has 2 atom stereocenters. The summed E-state index contributed by atoms with van der Waals surface area (Å²) >= 11 is 1.62. The average molecular weight is 431 g/mol. The fourth-order valence-electron chi connectivity index (χ4n) is 3.06. The second-order valence-corrected chi connectivity index (χ2v) is 8.47. The van der Waals surface area contributed by atoms with Crippen molar-refractivity contribution in [3.63, 3.8) is 0 Å². The predicted octanol–water partition coefficient (Wildman–Crippen LogP) is 5.03. The summed E-state index contributed by atoms with van der Waals surface area (Å²) in [7, 11) is 0. The highest BCUT2D eigenvalue weighted by atomic mass is 32.2. The van der Waals surface area contributed by atoms with E-state index in [1.165, 1.54) is 12.1 Å². The molecule has 0 fully saturated rings. The molecule has 0 aliphatic rings. The molecule has 0 saturated heterocycles. The molecule has 162 valence electrons. The van der Waals surface area contributed by atoms with E-state index in [0.29, 0.717) is 18.6 Å². The molecule has 0 saturated carbocycles. The number of nitrogens with zero attached hydrogens (tertiary/aromatic N) is 1. The maximum absolute atomic E-state index is 13.3. The molecule has 0 radical (unpaired) electrons. The highest BCUT2D eigenvalue weighted by Crippen LogP contribution is 2.20. The second kappa shape index (κ2) is 12.4. The van der Waals surface area contributed by atoms with E-state index >= 15 is 0 Å². The molecule has 2 amide bonds. The lowest BCUT2D eigenvalue weighted by molar-refractivity contribution is -0.141. The lowest BCUT2D eigenvalue weighted by Crippen LogP contribution is -2.50. The van der Waals surface area contributed by atoms with Crippen molar-refractivity contribution in [2.75, 3.05) is 5.75 Å². The van der Waals surface area contributed by atoms with Gasteiger partial charge in [-0.1, -0.05) is 44.2 Å². The van der Waals surface area contributed by atoms with Crippen molar-refractivity contribution in [1.82, 2.24) is 10.2 Å². The monoisotopic (exact) mass is 430 g/mol. The highest BCUT2D eigenvalue weighted by molar-refractivity contribution is 7.99. The van der Waals surface area contributed by atoms with Crippen molar-refractivity contribution in [3.8, 4) is 0 Å². The van der Waals surface area contributed by atoms with E-state index in [0.717, 1.165) is 16.9 Å². The molecule has 30 heavy (non-hydrogen) atoms. The van der Waals surface area contributed by atoms with Crippen LogP contribution in [0.4, 0.5) is 4.39 Å². The lowest BCUT2D eigenvalue weighted by Gasteiger charge is -2.31. The maximum atomic E-state index is 13.3. The third kappa shape index (κ3) is 7.48. The van der Waals surface area contributed by atoms with Crippen LogP contribution in [0.3, 0.4) is 0 Å². The van der Waals surface area contributed by atoms with Gasteiger partial charge in [0.05, 0.1) is 0 Å². The molecule has 4 nitrogen and oxygen atoms in total. The van der Waals surface area contributed by atoms with Crippen LogP contribution in [0.15, 0.2) is 59.5 Å². The second-order valence-electron chi connectivity index (χ2n) is 7.30. The molecule has 0 bridgehead atoms. The fraction of sp³-hybridized carbons (Fsp3) is 0.417. The van der Waals surface area contributed by atoms with E-state index in [1.807, 2.05) is 51.1 Å². The molecule has 6 heteroatoms. The van der Waals surface area contributed by atoms with E-state index in [2.05, 4.69) is 5.32 Å². The first-order chi connectivity index (χ1) is 14.4. The van der Waals surface area contributed by atoms with E-state index < -0.39 is 6.04 Å². The van der Waals surface area contributed by atoms with Gasteiger partial charge in [0, 0.05) is 29.7 Å². The van der Waals surface area contributed by atoms with Crippen molar-refractivity contribution in [2.24, 2.45) is 0 Å². The minimum Gasteiger partial charge on any atom is -0.352 e. The van der Waals surface area contributed by atoms with Crippen LogP contribution in [-0.2, 0) is 16.1 Å². The number of amides is 2. The van der Waals surface area contributed by atoms with E-state index in [1.54, 1.807) is 28.8 Å². The van der Waals surface area contributed by atoms with Gasteiger partial charge in [0.2, 0.25) is 11.8 Å². The Morgan fingerprint density at radius 3 is 2.30 bits per heavy atom. The standard InChI is InChI=1S/C24H31FN2O2S/c1-4-18(3)26-24(29)22(5-2)27(17-19-11-13-20(25)14-12-19)23(28)15-16-30-21-9-7-6-8-10-21/h6-14,18,22H,4-5,15-17H2,1-3H3,(H,26,29)/t18-,22-/m1/s1. The Bertz CT molecular complexity index is 799. The summed E-state index contributed by atoms with van der Waals surface area (Å²) in [6.07, 6.45) is 1.66. The quantitative estimate of drug-likeness (QED) is 0.509. The first-order valence-electron chi connectivity index (χ1n) is 10.5. The fourth-order valence-corrected chi connectivity index (χ4v) is 3.93. The summed E-state index contributed by atoms with van der Waals surface area (Å²) in [6.45, 7) is 6.15. The molecule has 0 aromatic heterocycles. The number of thioether (sulfide) groups is 1. The SMILES string of the molecule is CC[C@@H](C)NC(=O)[C@@H](CC)N(Cc1ccc(F)cc1)C(=O)CCSc1ccccc1. The Balaban J connectivity index is 2.12. The van der Waals surface area contributed by atoms with Gasteiger partial charge in [0.15, 0.2) is 0 Å². The molecule has 2 aromatic carbocycles. The average Bonchev–Trinajstić information content (AvgIpc) is 2.75.